The molecule has 0 fully saturated rings. The van der Waals surface area contributed by atoms with Crippen molar-refractivity contribution in [1.29, 1.82) is 0 Å². The molecule has 0 radical (unpaired) electrons. The normalized spacial score (nSPS) is 12.4. The van der Waals surface area contributed by atoms with Crippen molar-refractivity contribution >= 4 is 21.6 Å². The van der Waals surface area contributed by atoms with Gasteiger partial charge in [-0.25, -0.2) is 8.42 Å². The summed E-state index contributed by atoms with van der Waals surface area (Å²) in [4.78, 5) is 13.4. The van der Waals surface area contributed by atoms with Crippen molar-refractivity contribution < 1.29 is 17.9 Å². The van der Waals surface area contributed by atoms with E-state index in [2.05, 4.69) is 10.0 Å². The minimum Gasteiger partial charge on any atom is -0.495 e. The smallest absolute Gasteiger partial charge is 0.245 e. The molecular weight excluding hydrogens is 448 g/mol. The monoisotopic (exact) mass is 480 g/mol. The SMILES string of the molecule is COc1ccc(C(C)C)cc1S(=O)(=O)NC(Cc1ccccc1)C(=O)Nc1cccc(C)c1C. The number of methoxy groups -OCH3 is 1. The van der Waals surface area contributed by atoms with Gasteiger partial charge in [0, 0.05) is 5.69 Å². The van der Waals surface area contributed by atoms with E-state index in [9.17, 15) is 13.2 Å². The van der Waals surface area contributed by atoms with Gasteiger partial charge >= 0.3 is 0 Å². The fraction of sp³-hybridized carbons (Fsp3) is 0.296. The molecule has 3 rings (SSSR count). The summed E-state index contributed by atoms with van der Waals surface area (Å²) in [5.74, 6) is -0.0713. The van der Waals surface area contributed by atoms with Crippen LogP contribution in [0, 0.1) is 13.8 Å². The molecule has 0 aliphatic rings. The molecule has 180 valence electrons. The van der Waals surface area contributed by atoms with Crippen LogP contribution in [-0.2, 0) is 21.2 Å². The van der Waals surface area contributed by atoms with Crippen LogP contribution in [-0.4, -0.2) is 27.5 Å². The van der Waals surface area contributed by atoms with Crippen molar-refractivity contribution in [2.45, 2.75) is 51.0 Å². The molecule has 0 heterocycles. The second-order valence-corrected chi connectivity index (χ2v) is 10.3. The summed E-state index contributed by atoms with van der Waals surface area (Å²) < 4.78 is 35.0. The van der Waals surface area contributed by atoms with Crippen LogP contribution >= 0.6 is 0 Å². The molecule has 0 saturated heterocycles. The number of rotatable bonds is 9. The molecule has 0 saturated carbocycles. The Bertz CT molecular complexity index is 1250. The Morgan fingerprint density at radius 3 is 2.32 bits per heavy atom. The third-order valence-corrected chi connectivity index (χ3v) is 7.40. The van der Waals surface area contributed by atoms with Crippen LogP contribution in [0.4, 0.5) is 5.69 Å². The van der Waals surface area contributed by atoms with Gasteiger partial charge in [-0.05, 0) is 66.6 Å². The van der Waals surface area contributed by atoms with Crippen LogP contribution < -0.4 is 14.8 Å². The quantitative estimate of drug-likeness (QED) is 0.453. The van der Waals surface area contributed by atoms with Gasteiger partial charge in [0.15, 0.2) is 0 Å². The molecule has 34 heavy (non-hydrogen) atoms. The highest BCUT2D eigenvalue weighted by atomic mass is 32.2. The maximum Gasteiger partial charge on any atom is 0.245 e. The third kappa shape index (κ3) is 6.04. The molecule has 0 aliphatic heterocycles. The Kier molecular flexibility index (Phi) is 8.12. The van der Waals surface area contributed by atoms with E-state index in [-0.39, 0.29) is 23.0 Å². The summed E-state index contributed by atoms with van der Waals surface area (Å²) in [7, 11) is -2.64. The van der Waals surface area contributed by atoms with Gasteiger partial charge in [0.05, 0.1) is 7.11 Å². The van der Waals surface area contributed by atoms with E-state index >= 15 is 0 Å². The van der Waals surface area contributed by atoms with Gasteiger partial charge in [0.1, 0.15) is 16.7 Å². The number of amides is 1. The summed E-state index contributed by atoms with van der Waals surface area (Å²) in [5, 5.41) is 2.91. The molecule has 0 aromatic heterocycles. The second-order valence-electron chi connectivity index (χ2n) is 8.67. The summed E-state index contributed by atoms with van der Waals surface area (Å²) in [6, 6.07) is 19.0. The average Bonchev–Trinajstić information content (AvgIpc) is 2.81. The molecule has 7 heteroatoms. The molecule has 1 atom stereocenters. The van der Waals surface area contributed by atoms with Crippen molar-refractivity contribution in [3.05, 3.63) is 89.0 Å². The number of anilines is 1. The highest BCUT2D eigenvalue weighted by molar-refractivity contribution is 7.89. The van der Waals surface area contributed by atoms with E-state index in [1.165, 1.54) is 7.11 Å². The molecule has 6 nitrogen and oxygen atoms in total. The van der Waals surface area contributed by atoms with E-state index in [1.807, 2.05) is 82.3 Å². The van der Waals surface area contributed by atoms with E-state index in [1.54, 1.807) is 12.1 Å². The first-order valence-electron chi connectivity index (χ1n) is 11.2. The highest BCUT2D eigenvalue weighted by Gasteiger charge is 2.29. The van der Waals surface area contributed by atoms with Crippen LogP contribution in [0.15, 0.2) is 71.6 Å². The number of aryl methyl sites for hydroxylation is 1. The van der Waals surface area contributed by atoms with Gasteiger partial charge < -0.3 is 10.1 Å². The summed E-state index contributed by atoms with van der Waals surface area (Å²) >= 11 is 0. The van der Waals surface area contributed by atoms with Crippen molar-refractivity contribution in [2.75, 3.05) is 12.4 Å². The zero-order valence-electron chi connectivity index (χ0n) is 20.3. The summed E-state index contributed by atoms with van der Waals surface area (Å²) in [6.45, 7) is 7.86. The van der Waals surface area contributed by atoms with E-state index in [0.717, 1.165) is 22.3 Å². The Balaban J connectivity index is 1.97. The number of hydrogen-bond acceptors (Lipinski definition) is 4. The lowest BCUT2D eigenvalue weighted by Gasteiger charge is -2.21. The lowest BCUT2D eigenvalue weighted by Crippen LogP contribution is -2.45. The first-order valence-corrected chi connectivity index (χ1v) is 12.7. The number of hydrogen-bond donors (Lipinski definition) is 2. The standard InChI is InChI=1S/C27H32N2O4S/c1-18(2)22-14-15-25(33-5)26(17-22)34(31,32)29-24(16-21-11-7-6-8-12-21)27(30)28-23-13-9-10-19(3)20(23)4/h6-15,17-18,24,29H,16H2,1-5H3,(H,28,30). The third-order valence-electron chi connectivity index (χ3n) is 5.90. The first-order chi connectivity index (χ1) is 16.1. The van der Waals surface area contributed by atoms with Crippen molar-refractivity contribution in [2.24, 2.45) is 0 Å². The predicted molar refractivity (Wildman–Crippen MR) is 136 cm³/mol. The largest absolute Gasteiger partial charge is 0.495 e. The van der Waals surface area contributed by atoms with Crippen LogP contribution in [0.1, 0.15) is 42.0 Å². The lowest BCUT2D eigenvalue weighted by atomic mass is 10.0. The Hall–Kier alpha value is -3.16. The first kappa shape index (κ1) is 25.5. The molecule has 3 aromatic carbocycles. The molecule has 3 aromatic rings. The van der Waals surface area contributed by atoms with Crippen LogP contribution in [0.3, 0.4) is 0 Å². The fourth-order valence-corrected chi connectivity index (χ4v) is 5.06. The van der Waals surface area contributed by atoms with Gasteiger partial charge in [0.25, 0.3) is 0 Å². The fourth-order valence-electron chi connectivity index (χ4n) is 3.66. The molecule has 0 bridgehead atoms. The predicted octanol–water partition coefficient (Wildman–Crippen LogP) is 4.96. The van der Waals surface area contributed by atoms with Gasteiger partial charge in [-0.2, -0.15) is 4.72 Å². The number of benzene rings is 3. The maximum atomic E-state index is 13.5. The molecule has 0 aliphatic carbocycles. The second kappa shape index (κ2) is 10.8. The van der Waals surface area contributed by atoms with E-state index in [0.29, 0.717) is 5.69 Å². The van der Waals surface area contributed by atoms with Crippen molar-refractivity contribution in [3.63, 3.8) is 0 Å². The topological polar surface area (TPSA) is 84.5 Å². The Morgan fingerprint density at radius 2 is 1.68 bits per heavy atom. The van der Waals surface area contributed by atoms with Gasteiger partial charge in [-0.1, -0.05) is 62.4 Å². The zero-order chi connectivity index (χ0) is 24.9. The Labute approximate surface area is 202 Å². The summed E-state index contributed by atoms with van der Waals surface area (Å²) in [5.41, 5.74) is 4.33. The van der Waals surface area contributed by atoms with Crippen LogP contribution in [0.2, 0.25) is 0 Å². The highest BCUT2D eigenvalue weighted by Crippen LogP contribution is 2.28. The van der Waals surface area contributed by atoms with E-state index in [4.69, 9.17) is 4.74 Å². The number of carbonyl (C=O) groups is 1. The molecule has 2 N–H and O–H groups in total. The summed E-state index contributed by atoms with van der Waals surface area (Å²) in [6.07, 6.45) is 0.197. The Morgan fingerprint density at radius 1 is 0.971 bits per heavy atom. The number of carbonyl (C=O) groups excluding carboxylic acids is 1. The number of nitrogens with one attached hydrogen (secondary N) is 2. The van der Waals surface area contributed by atoms with Crippen LogP contribution in [0.5, 0.6) is 5.75 Å². The molecule has 1 unspecified atom stereocenters. The minimum atomic E-state index is -4.07. The number of sulfonamides is 1. The number of ether oxygens (including phenoxy) is 1. The molecular formula is C27H32N2O4S. The van der Waals surface area contributed by atoms with Gasteiger partial charge in [-0.3, -0.25) is 4.79 Å². The molecule has 0 spiro atoms. The average molecular weight is 481 g/mol. The van der Waals surface area contributed by atoms with Crippen molar-refractivity contribution in [1.82, 2.24) is 4.72 Å². The maximum absolute atomic E-state index is 13.5. The minimum absolute atomic E-state index is 0.0128. The van der Waals surface area contributed by atoms with E-state index < -0.39 is 22.0 Å². The van der Waals surface area contributed by atoms with Gasteiger partial charge in [0.2, 0.25) is 15.9 Å². The van der Waals surface area contributed by atoms with Gasteiger partial charge in [-0.15, -0.1) is 0 Å². The zero-order valence-corrected chi connectivity index (χ0v) is 21.1. The van der Waals surface area contributed by atoms with Crippen LogP contribution in [0.25, 0.3) is 0 Å². The lowest BCUT2D eigenvalue weighted by molar-refractivity contribution is -0.117. The van der Waals surface area contributed by atoms with Crippen molar-refractivity contribution in [3.8, 4) is 5.75 Å². The molecule has 1 amide bonds.